The second-order valence-electron chi connectivity index (χ2n) is 5.93. The van der Waals surface area contributed by atoms with E-state index in [9.17, 15) is 0 Å². The van der Waals surface area contributed by atoms with Crippen LogP contribution >= 0.6 is 0 Å². The van der Waals surface area contributed by atoms with Gasteiger partial charge in [0.05, 0.1) is 5.69 Å². The molecule has 1 aromatic heterocycles. The van der Waals surface area contributed by atoms with Crippen LogP contribution in [-0.2, 0) is 6.54 Å². The smallest absolute Gasteiger partial charge is 0.122 e. The molecule has 0 aliphatic heterocycles. The van der Waals surface area contributed by atoms with Gasteiger partial charge in [0.25, 0.3) is 0 Å². The van der Waals surface area contributed by atoms with Crippen molar-refractivity contribution in [2.45, 2.75) is 59.7 Å². The number of aromatic nitrogens is 1. The molecule has 4 nitrogen and oxygen atoms in total. The number of hydrogen-bond donors (Lipinski definition) is 1. The number of nitrogens with zero attached hydrogens (tertiary/aromatic N) is 2. The molecule has 120 valence electrons. The fourth-order valence-electron chi connectivity index (χ4n) is 2.42. The molecule has 0 aliphatic rings. The minimum Gasteiger partial charge on any atom is -0.492 e. The topological polar surface area (TPSA) is 37.4 Å². The van der Waals surface area contributed by atoms with E-state index < -0.39 is 0 Å². The summed E-state index contributed by atoms with van der Waals surface area (Å²) in [5.74, 6) is 0.908. The Morgan fingerprint density at radius 2 is 1.95 bits per heavy atom. The number of nitrogens with one attached hydrogen (secondary N) is 1. The summed E-state index contributed by atoms with van der Waals surface area (Å²) in [5, 5.41) is 3.36. The van der Waals surface area contributed by atoms with Gasteiger partial charge in [-0.15, -0.1) is 0 Å². The molecule has 4 heteroatoms. The SMILES string of the molecule is CCCNCc1cc(OCCN(C(C)C)C(C)C)ccn1. The van der Waals surface area contributed by atoms with E-state index in [0.29, 0.717) is 18.7 Å². The van der Waals surface area contributed by atoms with Crippen LogP contribution in [0.1, 0.15) is 46.7 Å². The van der Waals surface area contributed by atoms with Crippen LogP contribution in [0.5, 0.6) is 5.75 Å². The minimum absolute atomic E-state index is 0.542. The Kier molecular flexibility index (Phi) is 8.31. The molecule has 0 fully saturated rings. The maximum Gasteiger partial charge on any atom is 0.122 e. The van der Waals surface area contributed by atoms with Crippen molar-refractivity contribution in [2.24, 2.45) is 0 Å². The van der Waals surface area contributed by atoms with E-state index >= 15 is 0 Å². The molecule has 0 radical (unpaired) electrons. The van der Waals surface area contributed by atoms with Crippen LogP contribution in [0.15, 0.2) is 18.3 Å². The van der Waals surface area contributed by atoms with Crippen molar-refractivity contribution < 1.29 is 4.74 Å². The van der Waals surface area contributed by atoms with Crippen molar-refractivity contribution in [3.8, 4) is 5.75 Å². The van der Waals surface area contributed by atoms with E-state index in [-0.39, 0.29) is 0 Å². The summed E-state index contributed by atoms with van der Waals surface area (Å²) in [6.07, 6.45) is 2.96. The molecule has 0 spiro atoms. The molecule has 1 rings (SSSR count). The van der Waals surface area contributed by atoms with Gasteiger partial charge in [0.15, 0.2) is 0 Å². The minimum atomic E-state index is 0.542. The van der Waals surface area contributed by atoms with Crippen molar-refractivity contribution in [3.63, 3.8) is 0 Å². The third-order valence-electron chi connectivity index (χ3n) is 3.47. The normalized spacial score (nSPS) is 11.6. The fraction of sp³-hybridized carbons (Fsp3) is 0.706. The Labute approximate surface area is 129 Å². The maximum atomic E-state index is 5.87. The zero-order valence-corrected chi connectivity index (χ0v) is 14.2. The van der Waals surface area contributed by atoms with E-state index in [0.717, 1.165) is 37.5 Å². The van der Waals surface area contributed by atoms with E-state index in [1.54, 1.807) is 0 Å². The Morgan fingerprint density at radius 1 is 1.24 bits per heavy atom. The van der Waals surface area contributed by atoms with Gasteiger partial charge in [0, 0.05) is 37.4 Å². The van der Waals surface area contributed by atoms with E-state index in [4.69, 9.17) is 4.74 Å². The number of ether oxygens (including phenoxy) is 1. The highest BCUT2D eigenvalue weighted by Gasteiger charge is 2.12. The molecule has 0 saturated carbocycles. The van der Waals surface area contributed by atoms with Crippen LogP contribution in [-0.4, -0.2) is 41.7 Å². The molecule has 1 N–H and O–H groups in total. The molecule has 1 aromatic rings. The number of pyridine rings is 1. The largest absolute Gasteiger partial charge is 0.492 e. The Morgan fingerprint density at radius 3 is 2.57 bits per heavy atom. The summed E-state index contributed by atoms with van der Waals surface area (Å²) < 4.78 is 5.87. The van der Waals surface area contributed by atoms with Gasteiger partial charge in [0.2, 0.25) is 0 Å². The van der Waals surface area contributed by atoms with Crippen LogP contribution in [0, 0.1) is 0 Å². The molecule has 0 atom stereocenters. The summed E-state index contributed by atoms with van der Waals surface area (Å²) in [5.41, 5.74) is 1.03. The van der Waals surface area contributed by atoms with Crippen molar-refractivity contribution in [1.82, 2.24) is 15.2 Å². The quantitative estimate of drug-likeness (QED) is 0.673. The first-order valence-electron chi connectivity index (χ1n) is 8.08. The Hall–Kier alpha value is -1.13. The van der Waals surface area contributed by atoms with Gasteiger partial charge in [-0.1, -0.05) is 6.92 Å². The molecular formula is C17H31N3O. The van der Waals surface area contributed by atoms with E-state index in [1.165, 1.54) is 0 Å². The van der Waals surface area contributed by atoms with Gasteiger partial charge in [0.1, 0.15) is 12.4 Å². The van der Waals surface area contributed by atoms with E-state index in [1.807, 2.05) is 18.3 Å². The third kappa shape index (κ3) is 6.91. The van der Waals surface area contributed by atoms with Gasteiger partial charge in [-0.05, 0) is 46.7 Å². The van der Waals surface area contributed by atoms with Crippen molar-refractivity contribution >= 4 is 0 Å². The van der Waals surface area contributed by atoms with E-state index in [2.05, 4.69) is 49.8 Å². The zero-order valence-electron chi connectivity index (χ0n) is 14.2. The Bertz CT molecular complexity index is 385. The van der Waals surface area contributed by atoms with Crippen molar-refractivity contribution in [2.75, 3.05) is 19.7 Å². The first kappa shape index (κ1) is 17.9. The summed E-state index contributed by atoms with van der Waals surface area (Å²) in [6, 6.07) is 5.04. The lowest BCUT2D eigenvalue weighted by molar-refractivity contribution is 0.142. The van der Waals surface area contributed by atoms with Gasteiger partial charge < -0.3 is 10.1 Å². The molecular weight excluding hydrogens is 262 g/mol. The zero-order chi connectivity index (χ0) is 15.7. The highest BCUT2D eigenvalue weighted by Crippen LogP contribution is 2.12. The molecule has 1 heterocycles. The average molecular weight is 293 g/mol. The molecule has 0 amide bonds. The number of rotatable bonds is 10. The molecule has 0 unspecified atom stereocenters. The number of hydrogen-bond acceptors (Lipinski definition) is 4. The first-order chi connectivity index (χ1) is 10.0. The molecule has 0 aromatic carbocycles. The second-order valence-corrected chi connectivity index (χ2v) is 5.93. The molecule has 0 saturated heterocycles. The van der Waals surface area contributed by atoms with Crippen LogP contribution in [0.2, 0.25) is 0 Å². The second kappa shape index (κ2) is 9.74. The summed E-state index contributed by atoms with van der Waals surface area (Å²) in [6.45, 7) is 14.5. The van der Waals surface area contributed by atoms with Gasteiger partial charge >= 0.3 is 0 Å². The molecule has 0 bridgehead atoms. The van der Waals surface area contributed by atoms with Crippen molar-refractivity contribution in [3.05, 3.63) is 24.0 Å². The van der Waals surface area contributed by atoms with Crippen LogP contribution in [0.4, 0.5) is 0 Å². The maximum absolute atomic E-state index is 5.87. The highest BCUT2D eigenvalue weighted by atomic mass is 16.5. The van der Waals surface area contributed by atoms with Crippen molar-refractivity contribution in [1.29, 1.82) is 0 Å². The lowest BCUT2D eigenvalue weighted by Crippen LogP contribution is -2.39. The predicted molar refractivity (Wildman–Crippen MR) is 88.7 cm³/mol. The molecule has 21 heavy (non-hydrogen) atoms. The predicted octanol–water partition coefficient (Wildman–Crippen LogP) is 3.08. The van der Waals surface area contributed by atoms with Crippen LogP contribution < -0.4 is 10.1 Å². The first-order valence-corrected chi connectivity index (χ1v) is 8.08. The third-order valence-corrected chi connectivity index (χ3v) is 3.47. The molecule has 0 aliphatic carbocycles. The lowest BCUT2D eigenvalue weighted by Gasteiger charge is -2.30. The lowest BCUT2D eigenvalue weighted by atomic mass is 10.2. The highest BCUT2D eigenvalue weighted by molar-refractivity contribution is 5.22. The van der Waals surface area contributed by atoms with Gasteiger partial charge in [-0.25, -0.2) is 0 Å². The standard InChI is InChI=1S/C17H31N3O/c1-6-8-18-13-16-12-17(7-9-19-16)21-11-10-20(14(2)3)15(4)5/h7,9,12,14-15,18H,6,8,10-11,13H2,1-5H3. The van der Waals surface area contributed by atoms with Gasteiger partial charge in [-0.3, -0.25) is 9.88 Å². The summed E-state index contributed by atoms with van der Waals surface area (Å²) >= 11 is 0. The fourth-order valence-corrected chi connectivity index (χ4v) is 2.42. The monoisotopic (exact) mass is 293 g/mol. The van der Waals surface area contributed by atoms with Crippen LogP contribution in [0.3, 0.4) is 0 Å². The Balaban J connectivity index is 2.42. The summed E-state index contributed by atoms with van der Waals surface area (Å²) in [7, 11) is 0. The van der Waals surface area contributed by atoms with Crippen LogP contribution in [0.25, 0.3) is 0 Å². The average Bonchev–Trinajstić information content (AvgIpc) is 2.43. The summed E-state index contributed by atoms with van der Waals surface area (Å²) in [4.78, 5) is 6.79. The van der Waals surface area contributed by atoms with Gasteiger partial charge in [-0.2, -0.15) is 0 Å².